The minimum absolute atomic E-state index is 0.114. The second-order valence-electron chi connectivity index (χ2n) is 4.65. The number of rotatable bonds is 3. The van der Waals surface area contributed by atoms with Crippen LogP contribution in [0.3, 0.4) is 0 Å². The fraction of sp³-hybridized carbons (Fsp3) is 0.0625. The predicted molar refractivity (Wildman–Crippen MR) is 75.6 cm³/mol. The molecular weight excluding hydrogens is 298 g/mol. The lowest BCUT2D eigenvalue weighted by Gasteiger charge is -2.00. The number of carbonyl (C=O) groups is 1. The van der Waals surface area contributed by atoms with Crippen LogP contribution < -0.4 is 0 Å². The molecular formula is C16H9ClF2O2. The minimum atomic E-state index is -0.717. The summed E-state index contributed by atoms with van der Waals surface area (Å²) in [7, 11) is 0. The minimum Gasteiger partial charge on any atom is -0.451 e. The van der Waals surface area contributed by atoms with E-state index in [1.54, 1.807) is 24.3 Å². The monoisotopic (exact) mass is 306 g/mol. The van der Waals surface area contributed by atoms with Gasteiger partial charge in [0.2, 0.25) is 5.78 Å². The number of fused-ring (bicyclic) bond motifs is 1. The van der Waals surface area contributed by atoms with Crippen molar-refractivity contribution in [1.29, 1.82) is 0 Å². The van der Waals surface area contributed by atoms with E-state index in [2.05, 4.69) is 0 Å². The van der Waals surface area contributed by atoms with Gasteiger partial charge in [0, 0.05) is 17.9 Å². The summed E-state index contributed by atoms with van der Waals surface area (Å²) in [6.45, 7) is 0. The number of carbonyl (C=O) groups excluding carboxylic acids is 1. The summed E-state index contributed by atoms with van der Waals surface area (Å²) >= 11 is 5.97. The highest BCUT2D eigenvalue weighted by molar-refractivity contribution is 6.34. The number of para-hydroxylation sites is 1. The van der Waals surface area contributed by atoms with E-state index < -0.39 is 11.6 Å². The molecule has 0 atom stereocenters. The summed E-state index contributed by atoms with van der Waals surface area (Å²) in [6, 6.07) is 9.74. The van der Waals surface area contributed by atoms with Crippen LogP contribution in [0.5, 0.6) is 0 Å². The summed E-state index contributed by atoms with van der Waals surface area (Å²) < 4.78 is 31.6. The average Bonchev–Trinajstić information content (AvgIpc) is 2.83. The number of furan rings is 1. The normalized spacial score (nSPS) is 11.0. The lowest BCUT2D eigenvalue weighted by atomic mass is 10.1. The molecule has 0 aliphatic carbocycles. The number of Topliss-reactive ketones (excluding diaryl/α,β-unsaturated/α-hetero) is 1. The third kappa shape index (κ3) is 2.81. The zero-order chi connectivity index (χ0) is 15.0. The van der Waals surface area contributed by atoms with Gasteiger partial charge in [-0.3, -0.25) is 4.79 Å². The average molecular weight is 307 g/mol. The van der Waals surface area contributed by atoms with E-state index in [9.17, 15) is 13.6 Å². The maximum absolute atomic E-state index is 13.1. The highest BCUT2D eigenvalue weighted by atomic mass is 35.5. The molecule has 21 heavy (non-hydrogen) atoms. The third-order valence-electron chi connectivity index (χ3n) is 3.06. The molecule has 5 heteroatoms. The van der Waals surface area contributed by atoms with Crippen molar-refractivity contribution < 1.29 is 18.0 Å². The Bertz CT molecular complexity index is 819. The van der Waals surface area contributed by atoms with Gasteiger partial charge in [0.1, 0.15) is 11.6 Å². The van der Waals surface area contributed by atoms with Gasteiger partial charge in [-0.15, -0.1) is 0 Å². The molecule has 0 saturated carbocycles. The van der Waals surface area contributed by atoms with Crippen molar-refractivity contribution in [3.05, 3.63) is 70.4 Å². The van der Waals surface area contributed by atoms with Gasteiger partial charge < -0.3 is 4.42 Å². The summed E-state index contributed by atoms with van der Waals surface area (Å²) in [6.07, 6.45) is -0.147. The van der Waals surface area contributed by atoms with Crippen LogP contribution in [0.1, 0.15) is 16.1 Å². The van der Waals surface area contributed by atoms with Crippen LogP contribution in [0.2, 0.25) is 5.02 Å². The Labute approximate surface area is 123 Å². The van der Waals surface area contributed by atoms with Crippen molar-refractivity contribution >= 4 is 28.4 Å². The van der Waals surface area contributed by atoms with Gasteiger partial charge in [-0.25, -0.2) is 8.78 Å². The molecule has 0 aliphatic rings. The molecule has 3 aromatic rings. The summed E-state index contributed by atoms with van der Waals surface area (Å²) in [5.74, 6) is -1.69. The van der Waals surface area contributed by atoms with Gasteiger partial charge in [-0.05, 0) is 29.8 Å². The first kappa shape index (κ1) is 13.8. The zero-order valence-corrected chi connectivity index (χ0v) is 11.5. The van der Waals surface area contributed by atoms with Crippen molar-refractivity contribution in [3.8, 4) is 0 Å². The largest absolute Gasteiger partial charge is 0.451 e. The molecule has 0 spiro atoms. The number of hydrogen-bond acceptors (Lipinski definition) is 2. The Hall–Kier alpha value is -2.20. The molecule has 3 rings (SSSR count). The number of halogens is 3. The van der Waals surface area contributed by atoms with Gasteiger partial charge in [-0.2, -0.15) is 0 Å². The first-order valence-corrected chi connectivity index (χ1v) is 6.57. The van der Waals surface area contributed by atoms with E-state index in [1.807, 2.05) is 0 Å². The fourth-order valence-electron chi connectivity index (χ4n) is 2.15. The second-order valence-corrected chi connectivity index (χ2v) is 5.05. The number of benzene rings is 2. The van der Waals surface area contributed by atoms with Crippen LogP contribution in [0.25, 0.3) is 11.0 Å². The van der Waals surface area contributed by atoms with E-state index in [1.165, 1.54) is 0 Å². The van der Waals surface area contributed by atoms with Gasteiger partial charge in [-0.1, -0.05) is 23.7 Å². The van der Waals surface area contributed by atoms with Gasteiger partial charge in [0.25, 0.3) is 0 Å². The Morgan fingerprint density at radius 3 is 2.48 bits per heavy atom. The van der Waals surface area contributed by atoms with Crippen molar-refractivity contribution in [2.45, 2.75) is 6.42 Å². The number of ketones is 1. The van der Waals surface area contributed by atoms with E-state index in [-0.39, 0.29) is 23.5 Å². The summed E-state index contributed by atoms with van der Waals surface area (Å²) in [5, 5.41) is 1.11. The standard InChI is InChI=1S/C16H9ClF2O2/c17-13-3-1-2-10-7-15(21-16(10)13)14(20)6-9-4-11(18)8-12(19)5-9/h1-5,7-8H,6H2. The van der Waals surface area contributed by atoms with Crippen LogP contribution in [0.4, 0.5) is 8.78 Å². The molecule has 0 N–H and O–H groups in total. The van der Waals surface area contributed by atoms with Crippen LogP contribution in [0.15, 0.2) is 46.9 Å². The van der Waals surface area contributed by atoms with Crippen molar-refractivity contribution in [3.63, 3.8) is 0 Å². The molecule has 1 aromatic heterocycles. The van der Waals surface area contributed by atoms with Crippen molar-refractivity contribution in [2.24, 2.45) is 0 Å². The smallest absolute Gasteiger partial charge is 0.202 e. The molecule has 0 saturated heterocycles. The lowest BCUT2D eigenvalue weighted by Crippen LogP contribution is -2.02. The quantitative estimate of drug-likeness (QED) is 0.651. The summed E-state index contributed by atoms with van der Waals surface area (Å²) in [5.41, 5.74) is 0.678. The van der Waals surface area contributed by atoms with Crippen molar-refractivity contribution in [2.75, 3.05) is 0 Å². The van der Waals surface area contributed by atoms with E-state index in [4.69, 9.17) is 16.0 Å². The second kappa shape index (κ2) is 5.30. The fourth-order valence-corrected chi connectivity index (χ4v) is 2.37. The molecule has 0 unspecified atom stereocenters. The third-order valence-corrected chi connectivity index (χ3v) is 3.36. The maximum Gasteiger partial charge on any atom is 0.202 e. The van der Waals surface area contributed by atoms with Gasteiger partial charge in [0.05, 0.1) is 5.02 Å². The summed E-state index contributed by atoms with van der Waals surface area (Å²) in [4.78, 5) is 12.1. The molecule has 1 heterocycles. The topological polar surface area (TPSA) is 30.2 Å². The van der Waals surface area contributed by atoms with E-state index >= 15 is 0 Å². The van der Waals surface area contributed by atoms with Gasteiger partial charge >= 0.3 is 0 Å². The molecule has 2 nitrogen and oxygen atoms in total. The Balaban J connectivity index is 1.91. The maximum atomic E-state index is 13.1. The molecule has 0 radical (unpaired) electrons. The van der Waals surface area contributed by atoms with Crippen molar-refractivity contribution in [1.82, 2.24) is 0 Å². The molecule has 106 valence electrons. The lowest BCUT2D eigenvalue weighted by molar-refractivity contribution is 0.0968. The zero-order valence-electron chi connectivity index (χ0n) is 10.7. The van der Waals surface area contributed by atoms with Crippen LogP contribution >= 0.6 is 11.6 Å². The molecule has 2 aromatic carbocycles. The SMILES string of the molecule is O=C(Cc1cc(F)cc(F)c1)c1cc2cccc(Cl)c2o1. The number of hydrogen-bond donors (Lipinski definition) is 0. The molecule has 0 bridgehead atoms. The predicted octanol–water partition coefficient (Wildman–Crippen LogP) is 4.79. The van der Waals surface area contributed by atoms with E-state index in [0.717, 1.165) is 18.2 Å². The molecule has 0 amide bonds. The molecule has 0 fully saturated rings. The Kier molecular flexibility index (Phi) is 3.47. The van der Waals surface area contributed by atoms with Gasteiger partial charge in [0.15, 0.2) is 11.3 Å². The Morgan fingerprint density at radius 1 is 1.10 bits per heavy atom. The van der Waals surface area contributed by atoms with Crippen LogP contribution in [-0.4, -0.2) is 5.78 Å². The highest BCUT2D eigenvalue weighted by Crippen LogP contribution is 2.27. The first-order chi connectivity index (χ1) is 10.0. The highest BCUT2D eigenvalue weighted by Gasteiger charge is 2.15. The van der Waals surface area contributed by atoms with E-state index in [0.29, 0.717) is 16.0 Å². The van der Waals surface area contributed by atoms with Crippen LogP contribution in [0, 0.1) is 11.6 Å². The first-order valence-electron chi connectivity index (χ1n) is 6.19. The van der Waals surface area contributed by atoms with Crippen LogP contribution in [-0.2, 0) is 6.42 Å². The Morgan fingerprint density at radius 2 is 1.81 bits per heavy atom. The molecule has 0 aliphatic heterocycles.